The summed E-state index contributed by atoms with van der Waals surface area (Å²) in [4.78, 5) is 17.4. The average molecular weight is 315 g/mol. The summed E-state index contributed by atoms with van der Waals surface area (Å²) in [6, 6.07) is 8.66. The number of hydrogen-bond donors (Lipinski definition) is 0. The molecule has 3 rings (SSSR count). The third-order valence-electron chi connectivity index (χ3n) is 4.27. The van der Waals surface area contributed by atoms with Crippen molar-refractivity contribution in [2.24, 2.45) is 5.92 Å². The van der Waals surface area contributed by atoms with Gasteiger partial charge in [-0.3, -0.25) is 10.1 Å². The van der Waals surface area contributed by atoms with E-state index in [4.69, 9.17) is 4.74 Å². The SMILES string of the molecule is CCOCC1CCCN(c2ccc3cc([N+](=O)[O-])ccc3n2)C1. The van der Waals surface area contributed by atoms with Crippen molar-refractivity contribution >= 4 is 22.4 Å². The molecular formula is C17H21N3O3. The van der Waals surface area contributed by atoms with Gasteiger partial charge in [0.2, 0.25) is 0 Å². The number of pyridine rings is 1. The second-order valence-corrected chi connectivity index (χ2v) is 5.92. The lowest BCUT2D eigenvalue weighted by atomic mass is 9.99. The quantitative estimate of drug-likeness (QED) is 0.625. The zero-order valence-electron chi connectivity index (χ0n) is 13.3. The summed E-state index contributed by atoms with van der Waals surface area (Å²) in [5, 5.41) is 11.6. The highest BCUT2D eigenvalue weighted by molar-refractivity contribution is 5.82. The van der Waals surface area contributed by atoms with Crippen LogP contribution in [-0.4, -0.2) is 36.2 Å². The van der Waals surface area contributed by atoms with Gasteiger partial charge in [0.1, 0.15) is 5.82 Å². The van der Waals surface area contributed by atoms with Crippen LogP contribution in [0.5, 0.6) is 0 Å². The topological polar surface area (TPSA) is 68.5 Å². The van der Waals surface area contributed by atoms with Crippen LogP contribution >= 0.6 is 0 Å². The standard InChI is InChI=1S/C17H21N3O3/c1-2-23-12-13-4-3-9-19(11-13)17-8-5-14-10-15(20(21)22)6-7-16(14)18-17/h5-8,10,13H,2-4,9,11-12H2,1H3. The fourth-order valence-electron chi connectivity index (χ4n) is 3.09. The Morgan fingerprint density at radius 2 is 2.26 bits per heavy atom. The lowest BCUT2D eigenvalue weighted by Crippen LogP contribution is -2.37. The highest BCUT2D eigenvalue weighted by atomic mass is 16.6. The zero-order chi connectivity index (χ0) is 16.2. The number of fused-ring (bicyclic) bond motifs is 1. The van der Waals surface area contributed by atoms with Crippen molar-refractivity contribution in [3.05, 3.63) is 40.4 Å². The van der Waals surface area contributed by atoms with Crippen molar-refractivity contribution < 1.29 is 9.66 Å². The molecule has 0 radical (unpaired) electrons. The van der Waals surface area contributed by atoms with Gasteiger partial charge in [-0.25, -0.2) is 4.98 Å². The van der Waals surface area contributed by atoms with Crippen molar-refractivity contribution in [2.75, 3.05) is 31.2 Å². The maximum atomic E-state index is 10.8. The minimum Gasteiger partial charge on any atom is -0.381 e. The van der Waals surface area contributed by atoms with Crippen LogP contribution in [0.15, 0.2) is 30.3 Å². The van der Waals surface area contributed by atoms with Gasteiger partial charge in [0.15, 0.2) is 0 Å². The van der Waals surface area contributed by atoms with E-state index in [0.29, 0.717) is 5.92 Å². The Balaban J connectivity index is 1.79. The molecule has 1 aliphatic heterocycles. The predicted octanol–water partition coefficient (Wildman–Crippen LogP) is 3.40. The van der Waals surface area contributed by atoms with Crippen molar-refractivity contribution in [1.29, 1.82) is 0 Å². The van der Waals surface area contributed by atoms with Gasteiger partial charge in [-0.1, -0.05) is 0 Å². The Bertz CT molecular complexity index is 705. The molecule has 0 saturated carbocycles. The maximum Gasteiger partial charge on any atom is 0.270 e. The van der Waals surface area contributed by atoms with Crippen molar-refractivity contribution in [3.63, 3.8) is 0 Å². The summed E-state index contributed by atoms with van der Waals surface area (Å²) in [5.74, 6) is 1.48. The number of nitro groups is 1. The highest BCUT2D eigenvalue weighted by Crippen LogP contribution is 2.26. The highest BCUT2D eigenvalue weighted by Gasteiger charge is 2.21. The minimum absolute atomic E-state index is 0.0989. The summed E-state index contributed by atoms with van der Waals surface area (Å²) in [7, 11) is 0. The van der Waals surface area contributed by atoms with E-state index >= 15 is 0 Å². The Labute approximate surface area is 135 Å². The molecule has 1 saturated heterocycles. The molecule has 0 bridgehead atoms. The molecule has 6 nitrogen and oxygen atoms in total. The van der Waals surface area contributed by atoms with Gasteiger partial charge in [0.25, 0.3) is 5.69 Å². The maximum absolute atomic E-state index is 10.8. The van der Waals surface area contributed by atoms with E-state index in [1.54, 1.807) is 12.1 Å². The molecule has 1 atom stereocenters. The van der Waals surface area contributed by atoms with E-state index < -0.39 is 0 Å². The van der Waals surface area contributed by atoms with Gasteiger partial charge in [-0.2, -0.15) is 0 Å². The van der Waals surface area contributed by atoms with Gasteiger partial charge >= 0.3 is 0 Å². The molecule has 0 N–H and O–H groups in total. The Hall–Kier alpha value is -2.21. The molecule has 6 heteroatoms. The number of aromatic nitrogens is 1. The van der Waals surface area contributed by atoms with Crippen LogP contribution < -0.4 is 4.90 Å². The lowest BCUT2D eigenvalue weighted by molar-refractivity contribution is -0.384. The number of nitro benzene ring substituents is 1. The van der Waals surface area contributed by atoms with Gasteiger partial charge in [-0.05, 0) is 43.9 Å². The predicted molar refractivity (Wildman–Crippen MR) is 89.8 cm³/mol. The third kappa shape index (κ3) is 3.59. The summed E-state index contributed by atoms with van der Waals surface area (Å²) >= 11 is 0. The molecule has 23 heavy (non-hydrogen) atoms. The van der Waals surface area contributed by atoms with Crippen molar-refractivity contribution in [1.82, 2.24) is 4.98 Å². The number of non-ortho nitro benzene ring substituents is 1. The summed E-state index contributed by atoms with van der Waals surface area (Å²) < 4.78 is 5.55. The normalized spacial score (nSPS) is 18.3. The van der Waals surface area contributed by atoms with Crippen molar-refractivity contribution in [3.8, 4) is 0 Å². The number of piperidine rings is 1. The second kappa shape index (κ2) is 6.91. The van der Waals surface area contributed by atoms with Crippen LogP contribution in [0.2, 0.25) is 0 Å². The summed E-state index contributed by atoms with van der Waals surface area (Å²) in [6.45, 7) is 5.51. The molecule has 122 valence electrons. The van der Waals surface area contributed by atoms with E-state index in [2.05, 4.69) is 9.88 Å². The Morgan fingerprint density at radius 3 is 3.04 bits per heavy atom. The first-order valence-corrected chi connectivity index (χ1v) is 8.05. The van der Waals surface area contributed by atoms with Crippen LogP contribution in [-0.2, 0) is 4.74 Å². The average Bonchev–Trinajstić information content (AvgIpc) is 2.59. The summed E-state index contributed by atoms with van der Waals surface area (Å²) in [6.07, 6.45) is 2.33. The number of hydrogen-bond acceptors (Lipinski definition) is 5. The van der Waals surface area contributed by atoms with Crippen LogP contribution in [0.3, 0.4) is 0 Å². The van der Waals surface area contributed by atoms with Gasteiger partial charge in [0.05, 0.1) is 17.0 Å². The van der Waals surface area contributed by atoms with E-state index in [-0.39, 0.29) is 10.6 Å². The minimum atomic E-state index is -0.379. The van der Waals surface area contributed by atoms with E-state index in [1.807, 2.05) is 19.1 Å². The molecule has 0 aliphatic carbocycles. The number of nitrogens with zero attached hydrogens (tertiary/aromatic N) is 3. The van der Waals surface area contributed by atoms with Crippen molar-refractivity contribution in [2.45, 2.75) is 19.8 Å². The number of anilines is 1. The molecule has 1 aromatic carbocycles. The second-order valence-electron chi connectivity index (χ2n) is 5.92. The fraction of sp³-hybridized carbons (Fsp3) is 0.471. The van der Waals surface area contributed by atoms with E-state index in [9.17, 15) is 10.1 Å². The molecular weight excluding hydrogens is 294 g/mol. The molecule has 1 unspecified atom stereocenters. The summed E-state index contributed by atoms with van der Waals surface area (Å²) in [5.41, 5.74) is 0.891. The number of rotatable bonds is 5. The molecule has 0 amide bonds. The Kier molecular flexibility index (Phi) is 4.71. The smallest absolute Gasteiger partial charge is 0.270 e. The molecule has 2 heterocycles. The molecule has 1 aromatic heterocycles. The largest absolute Gasteiger partial charge is 0.381 e. The third-order valence-corrected chi connectivity index (χ3v) is 4.27. The first-order valence-electron chi connectivity index (χ1n) is 8.05. The number of ether oxygens (including phenoxy) is 1. The fourth-order valence-corrected chi connectivity index (χ4v) is 3.09. The van der Waals surface area contributed by atoms with Gasteiger partial charge < -0.3 is 9.64 Å². The molecule has 2 aromatic rings. The zero-order valence-corrected chi connectivity index (χ0v) is 13.3. The van der Waals surface area contributed by atoms with Gasteiger partial charge in [0, 0.05) is 37.2 Å². The van der Waals surface area contributed by atoms with Gasteiger partial charge in [-0.15, -0.1) is 0 Å². The lowest BCUT2D eigenvalue weighted by Gasteiger charge is -2.33. The van der Waals surface area contributed by atoms with Crippen LogP contribution in [0, 0.1) is 16.0 Å². The first kappa shape index (κ1) is 15.7. The molecule has 1 fully saturated rings. The van der Waals surface area contributed by atoms with E-state index in [0.717, 1.165) is 49.4 Å². The number of benzene rings is 1. The van der Waals surface area contributed by atoms with Crippen LogP contribution in [0.4, 0.5) is 11.5 Å². The molecule has 0 spiro atoms. The monoisotopic (exact) mass is 315 g/mol. The first-order chi connectivity index (χ1) is 11.2. The van der Waals surface area contributed by atoms with Crippen LogP contribution in [0.1, 0.15) is 19.8 Å². The van der Waals surface area contributed by atoms with Crippen LogP contribution in [0.25, 0.3) is 10.9 Å². The van der Waals surface area contributed by atoms with E-state index in [1.165, 1.54) is 12.5 Å². The Morgan fingerprint density at radius 1 is 1.39 bits per heavy atom. The molecule has 1 aliphatic rings.